The lowest BCUT2D eigenvalue weighted by Gasteiger charge is -2.10. The number of benzene rings is 1. The van der Waals surface area contributed by atoms with E-state index in [1.807, 2.05) is 6.92 Å². The summed E-state index contributed by atoms with van der Waals surface area (Å²) in [7, 11) is 0. The summed E-state index contributed by atoms with van der Waals surface area (Å²) in [5.74, 6) is 0.0477. The molecule has 162 valence electrons. The minimum Gasteiger partial charge on any atom is -0.433 e. The third-order valence-electron chi connectivity index (χ3n) is 4.22. The molecule has 0 aliphatic rings. The summed E-state index contributed by atoms with van der Waals surface area (Å²) in [6.45, 7) is -0.735. The van der Waals surface area contributed by atoms with Crippen LogP contribution in [0.5, 0.6) is 5.75 Å². The lowest BCUT2D eigenvalue weighted by molar-refractivity contribution is -0.121. The summed E-state index contributed by atoms with van der Waals surface area (Å²) in [4.78, 5) is 35.0. The maximum absolute atomic E-state index is 12.3. The molecule has 0 atom stereocenters. The molecule has 0 radical (unpaired) electrons. The third-order valence-corrected chi connectivity index (χ3v) is 4.55. The Balaban J connectivity index is 1.90. The fraction of sp³-hybridized carbons (Fsp3) is 0.238. The number of nitrogens with zero attached hydrogens (tertiary/aromatic N) is 2. The minimum absolute atomic E-state index is 0.0575. The number of hydrogen-bond donors (Lipinski definition) is 2. The zero-order valence-electron chi connectivity index (χ0n) is 16.5. The Hall–Kier alpha value is -3.33. The summed E-state index contributed by atoms with van der Waals surface area (Å²) in [5.41, 5.74) is 1.35. The smallest absolute Gasteiger partial charge is 0.387 e. The number of aromatic amines is 1. The van der Waals surface area contributed by atoms with Crippen LogP contribution in [0.25, 0.3) is 22.8 Å². The van der Waals surface area contributed by atoms with Gasteiger partial charge in [-0.3, -0.25) is 14.6 Å². The van der Waals surface area contributed by atoms with Gasteiger partial charge in [-0.2, -0.15) is 8.78 Å². The number of aromatic nitrogens is 3. The van der Waals surface area contributed by atoms with Crippen molar-refractivity contribution in [3.63, 3.8) is 0 Å². The lowest BCUT2D eigenvalue weighted by atomic mass is 10.1. The van der Waals surface area contributed by atoms with E-state index in [1.54, 1.807) is 18.2 Å². The van der Waals surface area contributed by atoms with Crippen molar-refractivity contribution in [2.24, 2.45) is 0 Å². The number of alkyl halides is 2. The number of carbonyl (C=O) groups is 1. The van der Waals surface area contributed by atoms with Crippen LogP contribution in [0, 0.1) is 0 Å². The molecule has 0 bridgehead atoms. The minimum atomic E-state index is -2.96. The zero-order chi connectivity index (χ0) is 22.4. The first-order chi connectivity index (χ1) is 14.9. The predicted molar refractivity (Wildman–Crippen MR) is 112 cm³/mol. The summed E-state index contributed by atoms with van der Waals surface area (Å²) in [6.07, 6.45) is 2.31. The Kier molecular flexibility index (Phi) is 7.30. The Bertz CT molecular complexity index is 1120. The molecule has 0 unspecified atom stereocenters. The van der Waals surface area contributed by atoms with Crippen molar-refractivity contribution in [2.75, 3.05) is 0 Å². The number of ether oxygens (including phenoxy) is 1. The van der Waals surface area contributed by atoms with Crippen molar-refractivity contribution in [1.29, 1.82) is 0 Å². The van der Waals surface area contributed by atoms with E-state index in [9.17, 15) is 18.4 Å². The lowest BCUT2D eigenvalue weighted by Crippen LogP contribution is -2.22. The van der Waals surface area contributed by atoms with E-state index < -0.39 is 12.2 Å². The van der Waals surface area contributed by atoms with Crippen LogP contribution in [-0.4, -0.2) is 27.5 Å². The normalized spacial score (nSPS) is 10.9. The molecule has 3 rings (SSSR count). The monoisotopic (exact) mass is 448 g/mol. The zero-order valence-corrected chi connectivity index (χ0v) is 17.2. The molecule has 7 nitrogen and oxygen atoms in total. The molecule has 0 spiro atoms. The van der Waals surface area contributed by atoms with Crippen LogP contribution >= 0.6 is 11.6 Å². The van der Waals surface area contributed by atoms with Gasteiger partial charge in [-0.25, -0.2) is 4.98 Å². The Morgan fingerprint density at radius 1 is 1.23 bits per heavy atom. The van der Waals surface area contributed by atoms with E-state index in [1.165, 1.54) is 18.2 Å². The molecule has 0 aliphatic heterocycles. The van der Waals surface area contributed by atoms with Crippen LogP contribution in [0.1, 0.15) is 25.3 Å². The van der Waals surface area contributed by atoms with Gasteiger partial charge >= 0.3 is 6.61 Å². The molecule has 0 fully saturated rings. The highest BCUT2D eigenvalue weighted by atomic mass is 35.5. The highest BCUT2D eigenvalue weighted by molar-refractivity contribution is 6.33. The van der Waals surface area contributed by atoms with E-state index in [0.717, 1.165) is 18.2 Å². The summed E-state index contributed by atoms with van der Waals surface area (Å²) < 4.78 is 28.9. The van der Waals surface area contributed by atoms with E-state index in [4.69, 9.17) is 11.6 Å². The molecule has 1 amide bonds. The molecule has 0 saturated carbocycles. The van der Waals surface area contributed by atoms with Gasteiger partial charge in [0.1, 0.15) is 11.6 Å². The number of hydrogen-bond acceptors (Lipinski definition) is 5. The van der Waals surface area contributed by atoms with Gasteiger partial charge in [0.25, 0.3) is 5.56 Å². The van der Waals surface area contributed by atoms with Crippen LogP contribution in [-0.2, 0) is 11.3 Å². The van der Waals surface area contributed by atoms with E-state index in [0.29, 0.717) is 29.2 Å². The second-order valence-electron chi connectivity index (χ2n) is 6.58. The van der Waals surface area contributed by atoms with Gasteiger partial charge in [0, 0.05) is 24.6 Å². The number of H-pyrrole nitrogens is 1. The number of carbonyl (C=O) groups excluding carboxylic acids is 1. The Labute approximate surface area is 181 Å². The van der Waals surface area contributed by atoms with Crippen molar-refractivity contribution in [2.45, 2.75) is 32.9 Å². The summed E-state index contributed by atoms with van der Waals surface area (Å²) in [6, 6.07) is 9.11. The molecule has 3 aromatic rings. The molecular formula is C21H19ClF2N4O3. The van der Waals surface area contributed by atoms with E-state index in [2.05, 4.69) is 25.0 Å². The highest BCUT2D eigenvalue weighted by Crippen LogP contribution is 2.27. The average molecular weight is 449 g/mol. The molecule has 31 heavy (non-hydrogen) atoms. The molecule has 2 aromatic heterocycles. The topological polar surface area (TPSA) is 97.0 Å². The van der Waals surface area contributed by atoms with Gasteiger partial charge in [0.2, 0.25) is 5.91 Å². The standard InChI is InChI=1S/C21H19ClF2N4O3/c1-2-3-18(29)26-10-12-4-6-15(22)14(8-12)20-27-17(9-19(30)28-20)16-7-5-13(11-25-16)31-21(23)24/h4-9,11,21H,2-3,10H2,1H3,(H,26,29)(H,27,28,30). The second-order valence-corrected chi connectivity index (χ2v) is 6.99. The first-order valence-corrected chi connectivity index (χ1v) is 9.81. The Morgan fingerprint density at radius 2 is 2.03 bits per heavy atom. The average Bonchev–Trinajstić information content (AvgIpc) is 2.73. The maximum Gasteiger partial charge on any atom is 0.387 e. The van der Waals surface area contributed by atoms with Gasteiger partial charge < -0.3 is 15.0 Å². The van der Waals surface area contributed by atoms with Crippen LogP contribution < -0.4 is 15.6 Å². The van der Waals surface area contributed by atoms with Crippen molar-refractivity contribution >= 4 is 17.5 Å². The first kappa shape index (κ1) is 22.4. The first-order valence-electron chi connectivity index (χ1n) is 9.44. The quantitative estimate of drug-likeness (QED) is 0.539. The number of pyridine rings is 1. The third kappa shape index (κ3) is 6.08. The number of nitrogens with one attached hydrogen (secondary N) is 2. The van der Waals surface area contributed by atoms with Gasteiger partial charge in [-0.05, 0) is 36.2 Å². The molecule has 0 saturated heterocycles. The van der Waals surface area contributed by atoms with Crippen LogP contribution in [0.3, 0.4) is 0 Å². The van der Waals surface area contributed by atoms with E-state index >= 15 is 0 Å². The molecule has 1 aromatic carbocycles. The second kappa shape index (κ2) is 10.1. The van der Waals surface area contributed by atoms with Crippen LogP contribution in [0.4, 0.5) is 8.78 Å². The highest BCUT2D eigenvalue weighted by Gasteiger charge is 2.12. The van der Waals surface area contributed by atoms with Crippen LogP contribution in [0.2, 0.25) is 5.02 Å². The van der Waals surface area contributed by atoms with Crippen molar-refractivity contribution < 1.29 is 18.3 Å². The van der Waals surface area contributed by atoms with Gasteiger partial charge in [-0.1, -0.05) is 24.6 Å². The van der Waals surface area contributed by atoms with Crippen LogP contribution in [0.15, 0.2) is 47.4 Å². The Morgan fingerprint density at radius 3 is 2.71 bits per heavy atom. The molecule has 0 aliphatic carbocycles. The number of amides is 1. The SMILES string of the molecule is CCCC(=O)NCc1ccc(Cl)c(-c2nc(-c3ccc(OC(F)F)cn3)cc(=O)[nH]2)c1. The van der Waals surface area contributed by atoms with E-state index in [-0.39, 0.29) is 23.2 Å². The number of rotatable bonds is 8. The van der Waals surface area contributed by atoms with Gasteiger partial charge in [0.15, 0.2) is 0 Å². The van der Waals surface area contributed by atoms with Crippen molar-refractivity contribution in [3.8, 4) is 28.5 Å². The maximum atomic E-state index is 12.3. The summed E-state index contributed by atoms with van der Waals surface area (Å²) >= 11 is 6.31. The number of halogens is 3. The molecule has 2 heterocycles. The predicted octanol–water partition coefficient (Wildman–Crippen LogP) is 4.17. The molecule has 10 heteroatoms. The molecular weight excluding hydrogens is 430 g/mol. The van der Waals surface area contributed by atoms with Crippen molar-refractivity contribution in [3.05, 3.63) is 63.5 Å². The fourth-order valence-electron chi connectivity index (χ4n) is 2.80. The van der Waals surface area contributed by atoms with Gasteiger partial charge in [-0.15, -0.1) is 0 Å². The molecule has 2 N–H and O–H groups in total. The largest absolute Gasteiger partial charge is 0.433 e. The van der Waals surface area contributed by atoms with Gasteiger partial charge in [0.05, 0.1) is 22.6 Å². The fourth-order valence-corrected chi connectivity index (χ4v) is 3.01. The van der Waals surface area contributed by atoms with Crippen molar-refractivity contribution in [1.82, 2.24) is 20.3 Å². The summed E-state index contributed by atoms with van der Waals surface area (Å²) in [5, 5.41) is 3.17.